The fraction of sp³-hybridized carbons (Fsp3) is 0.286. The Morgan fingerprint density at radius 3 is 2.46 bits per heavy atom. The molecule has 1 aliphatic heterocycles. The molecule has 0 aromatic heterocycles. The maximum absolute atomic E-state index is 10.7. The van der Waals surface area contributed by atoms with Crippen molar-refractivity contribution in [3.05, 3.63) is 11.2 Å². The summed E-state index contributed by atoms with van der Waals surface area (Å²) in [7, 11) is 0. The number of aliphatic imine (C=N–C) groups is 1. The van der Waals surface area contributed by atoms with E-state index in [2.05, 4.69) is 4.99 Å². The van der Waals surface area contributed by atoms with Gasteiger partial charge in [-0.15, -0.1) is 11.6 Å². The molecule has 0 aromatic carbocycles. The van der Waals surface area contributed by atoms with E-state index in [9.17, 15) is 4.79 Å². The molecule has 0 bridgehead atoms. The molecule has 4 nitrogen and oxygen atoms in total. The van der Waals surface area contributed by atoms with Crippen LogP contribution in [0.5, 0.6) is 0 Å². The lowest BCUT2D eigenvalue weighted by atomic mass is 10.2. The van der Waals surface area contributed by atoms with Gasteiger partial charge in [0.05, 0.1) is 0 Å². The number of halogens is 2. The Morgan fingerprint density at radius 1 is 1.69 bits per heavy atom. The van der Waals surface area contributed by atoms with Crippen molar-refractivity contribution in [2.75, 3.05) is 0 Å². The highest BCUT2D eigenvalue weighted by molar-refractivity contribution is 6.52. The Kier molecular flexibility index (Phi) is 5.34. The molecule has 0 fully saturated rings. The minimum absolute atomic E-state index is 0.0949. The summed E-state index contributed by atoms with van der Waals surface area (Å²) < 4.78 is 0. The van der Waals surface area contributed by atoms with Crippen molar-refractivity contribution >= 4 is 41.2 Å². The topological polar surface area (TPSA) is 66.7 Å². The molecule has 1 atom stereocenters. The zero-order valence-corrected chi connectivity index (χ0v) is 8.21. The highest BCUT2D eigenvalue weighted by atomic mass is 35.5. The van der Waals surface area contributed by atoms with E-state index in [-0.39, 0.29) is 10.8 Å². The first-order valence-electron chi connectivity index (χ1n) is 3.22. The molecule has 1 heterocycles. The number of aliphatic carboxylic acids is 1. The van der Waals surface area contributed by atoms with Gasteiger partial charge in [-0.3, -0.25) is 14.6 Å². The maximum atomic E-state index is 10.7. The molecule has 1 N–H and O–H groups in total. The van der Waals surface area contributed by atoms with E-state index >= 15 is 0 Å². The number of allylic oxidation sites excluding steroid dienone is 1. The molecule has 1 aliphatic rings. The van der Waals surface area contributed by atoms with Crippen molar-refractivity contribution in [3.8, 4) is 0 Å². The number of nitrogens with zero attached hydrogens (tertiary/aromatic N) is 1. The molecule has 0 aromatic rings. The molecule has 0 amide bonds. The lowest BCUT2D eigenvalue weighted by molar-refractivity contribution is -0.134. The van der Waals surface area contributed by atoms with Gasteiger partial charge in [0.25, 0.3) is 5.97 Å². The van der Waals surface area contributed by atoms with Crippen LogP contribution >= 0.6 is 23.2 Å². The number of alkyl halides is 1. The van der Waals surface area contributed by atoms with Crippen LogP contribution in [0, 0.1) is 0 Å². The molecule has 1 unspecified atom stereocenters. The number of carbonyl (C=O) groups is 2. The molecule has 72 valence electrons. The zero-order chi connectivity index (χ0) is 10.4. The van der Waals surface area contributed by atoms with E-state index in [1.54, 1.807) is 0 Å². The summed E-state index contributed by atoms with van der Waals surface area (Å²) in [5, 5.41) is 6.83. The van der Waals surface area contributed by atoms with Crippen LogP contribution in [-0.4, -0.2) is 28.5 Å². The van der Waals surface area contributed by atoms with Gasteiger partial charge in [0, 0.05) is 19.3 Å². The molecular weight excluding hydrogens is 217 g/mol. The van der Waals surface area contributed by atoms with Crippen LogP contribution < -0.4 is 0 Å². The third-order valence-corrected chi connectivity index (χ3v) is 1.49. The molecule has 0 saturated carbocycles. The predicted octanol–water partition coefficient (Wildman–Crippen LogP) is 1.42. The SMILES string of the molecule is CC(=O)O.O=C1C(Cl)=CN=CC1Cl. The van der Waals surface area contributed by atoms with E-state index in [1.165, 1.54) is 12.4 Å². The van der Waals surface area contributed by atoms with Crippen molar-refractivity contribution in [1.29, 1.82) is 0 Å². The van der Waals surface area contributed by atoms with Gasteiger partial charge in [-0.25, -0.2) is 0 Å². The molecule has 0 spiro atoms. The second-order valence-corrected chi connectivity index (χ2v) is 2.94. The smallest absolute Gasteiger partial charge is 0.300 e. The first-order valence-corrected chi connectivity index (χ1v) is 4.03. The summed E-state index contributed by atoms with van der Waals surface area (Å²) in [6, 6.07) is 0. The summed E-state index contributed by atoms with van der Waals surface area (Å²) >= 11 is 10.8. The third kappa shape index (κ3) is 5.38. The van der Waals surface area contributed by atoms with E-state index in [1.807, 2.05) is 0 Å². The molecule has 0 radical (unpaired) electrons. The Morgan fingerprint density at radius 2 is 2.15 bits per heavy atom. The van der Waals surface area contributed by atoms with Crippen LogP contribution in [0.15, 0.2) is 16.2 Å². The van der Waals surface area contributed by atoms with Crippen molar-refractivity contribution in [2.24, 2.45) is 4.99 Å². The fourth-order valence-corrected chi connectivity index (χ4v) is 0.859. The molecule has 0 saturated heterocycles. The normalized spacial score (nSPS) is 20.1. The van der Waals surface area contributed by atoms with Crippen LogP contribution in [0.25, 0.3) is 0 Å². The van der Waals surface area contributed by atoms with E-state index in [4.69, 9.17) is 33.1 Å². The Bertz CT molecular complexity index is 269. The summed E-state index contributed by atoms with van der Waals surface area (Å²) in [5.74, 6) is -1.12. The lowest BCUT2D eigenvalue weighted by Crippen LogP contribution is -2.18. The van der Waals surface area contributed by atoms with Crippen molar-refractivity contribution < 1.29 is 14.7 Å². The van der Waals surface area contributed by atoms with Crippen molar-refractivity contribution in [2.45, 2.75) is 12.3 Å². The Labute approximate surface area is 84.9 Å². The second-order valence-electron chi connectivity index (χ2n) is 2.06. The van der Waals surface area contributed by atoms with Gasteiger partial charge in [0.15, 0.2) is 5.78 Å². The minimum atomic E-state index is -0.833. The second kappa shape index (κ2) is 5.72. The van der Waals surface area contributed by atoms with Gasteiger partial charge in [-0.2, -0.15) is 0 Å². The van der Waals surface area contributed by atoms with Crippen molar-refractivity contribution in [3.63, 3.8) is 0 Å². The Hall–Kier alpha value is -0.870. The number of carboxylic acids is 1. The quantitative estimate of drug-likeness (QED) is 0.632. The standard InChI is InChI=1S/C5H3Cl2NO.C2H4O2/c6-3-1-8-2-4(7)5(3)9;1-2(3)4/h1-3H;1H3,(H,3,4). The van der Waals surface area contributed by atoms with Gasteiger partial charge in [0.2, 0.25) is 0 Å². The number of Topliss-reactive ketones (excluding diaryl/α,β-unsaturated/α-hetero) is 1. The summed E-state index contributed by atoms with van der Waals surface area (Å²) in [6.07, 6.45) is 2.62. The fourth-order valence-electron chi connectivity index (χ4n) is 0.447. The molecule has 1 rings (SSSR count). The van der Waals surface area contributed by atoms with Gasteiger partial charge in [0.1, 0.15) is 10.4 Å². The highest BCUT2D eigenvalue weighted by Gasteiger charge is 2.18. The monoisotopic (exact) mass is 223 g/mol. The number of carboxylic acid groups (broad SMARTS) is 1. The van der Waals surface area contributed by atoms with Gasteiger partial charge in [-0.1, -0.05) is 11.6 Å². The summed E-state index contributed by atoms with van der Waals surface area (Å²) in [4.78, 5) is 23.3. The van der Waals surface area contributed by atoms with E-state index < -0.39 is 11.3 Å². The van der Waals surface area contributed by atoms with Crippen LogP contribution in [0.3, 0.4) is 0 Å². The van der Waals surface area contributed by atoms with Crippen molar-refractivity contribution in [1.82, 2.24) is 0 Å². The predicted molar refractivity (Wildman–Crippen MR) is 50.4 cm³/mol. The maximum Gasteiger partial charge on any atom is 0.300 e. The zero-order valence-electron chi connectivity index (χ0n) is 6.70. The average Bonchev–Trinajstić information content (AvgIpc) is 1.99. The van der Waals surface area contributed by atoms with E-state index in [0.717, 1.165) is 6.92 Å². The first kappa shape index (κ1) is 12.1. The largest absolute Gasteiger partial charge is 0.481 e. The van der Waals surface area contributed by atoms with Crippen LogP contribution in [-0.2, 0) is 9.59 Å². The summed E-state index contributed by atoms with van der Waals surface area (Å²) in [5.41, 5.74) is 0. The summed E-state index contributed by atoms with van der Waals surface area (Å²) in [6.45, 7) is 1.08. The first-order chi connectivity index (χ1) is 5.95. The van der Waals surface area contributed by atoms with Gasteiger partial charge >= 0.3 is 0 Å². The number of ketones is 1. The number of rotatable bonds is 0. The molecular formula is C7H7Cl2NO3. The molecule has 0 aliphatic carbocycles. The highest BCUT2D eigenvalue weighted by Crippen LogP contribution is 2.12. The average molecular weight is 224 g/mol. The Balaban J connectivity index is 0.000000310. The number of hydrogen-bond donors (Lipinski definition) is 1. The van der Waals surface area contributed by atoms with Crippen LogP contribution in [0.4, 0.5) is 0 Å². The number of carbonyl (C=O) groups excluding carboxylic acids is 1. The minimum Gasteiger partial charge on any atom is -0.481 e. The van der Waals surface area contributed by atoms with Gasteiger partial charge in [-0.05, 0) is 0 Å². The molecule has 13 heavy (non-hydrogen) atoms. The van der Waals surface area contributed by atoms with Gasteiger partial charge < -0.3 is 5.11 Å². The van der Waals surface area contributed by atoms with Crippen LogP contribution in [0.2, 0.25) is 0 Å². The van der Waals surface area contributed by atoms with E-state index in [0.29, 0.717) is 0 Å². The van der Waals surface area contributed by atoms with Crippen LogP contribution in [0.1, 0.15) is 6.92 Å². The third-order valence-electron chi connectivity index (χ3n) is 0.891. The number of hydrogen-bond acceptors (Lipinski definition) is 3. The molecule has 6 heteroatoms. The lowest BCUT2D eigenvalue weighted by Gasteiger charge is -2.03.